The number of hydrogen-bond donors (Lipinski definition) is 0. The molecule has 1 aliphatic heterocycles. The number of nitriles is 1. The largest absolute Gasteiger partial charge is 0.435 e. The fourth-order valence-corrected chi connectivity index (χ4v) is 2.34. The van der Waals surface area contributed by atoms with E-state index in [-0.39, 0.29) is 6.04 Å². The first kappa shape index (κ1) is 15.5. The molecule has 2 heterocycles. The van der Waals surface area contributed by atoms with Crippen molar-refractivity contribution >= 4 is 5.82 Å². The number of hydrogen-bond acceptors (Lipinski definition) is 5. The Kier molecular flexibility index (Phi) is 4.63. The van der Waals surface area contributed by atoms with Crippen molar-refractivity contribution in [1.29, 1.82) is 5.26 Å². The molecule has 114 valence electrons. The van der Waals surface area contributed by atoms with Crippen molar-refractivity contribution in [2.45, 2.75) is 25.6 Å². The lowest BCUT2D eigenvalue weighted by atomic mass is 10.2. The Morgan fingerprint density at radius 2 is 1.90 bits per heavy atom. The van der Waals surface area contributed by atoms with Crippen LogP contribution in [0.1, 0.15) is 19.0 Å². The molecule has 0 saturated carbocycles. The first-order chi connectivity index (χ1) is 9.95. The summed E-state index contributed by atoms with van der Waals surface area (Å²) >= 11 is 0. The monoisotopic (exact) mass is 299 g/mol. The van der Waals surface area contributed by atoms with Crippen LogP contribution in [0.15, 0.2) is 12.1 Å². The van der Waals surface area contributed by atoms with Crippen molar-refractivity contribution in [3.8, 4) is 6.07 Å². The lowest BCUT2D eigenvalue weighted by Crippen LogP contribution is -2.50. The molecule has 0 amide bonds. The van der Waals surface area contributed by atoms with E-state index in [1.54, 1.807) is 0 Å². The van der Waals surface area contributed by atoms with Crippen LogP contribution in [-0.4, -0.2) is 47.3 Å². The quantitative estimate of drug-likeness (QED) is 0.853. The fourth-order valence-electron chi connectivity index (χ4n) is 2.34. The maximum atomic E-state index is 12.4. The molecule has 1 saturated heterocycles. The number of aromatic nitrogens is 2. The standard InChI is InChI=1S/C13H16F3N5/c1-2-10(9-17)20-5-7-21(8-6-20)12-4-3-11(18-19-12)13(14,15)16/h3-4,10H,2,5-8H2,1H3. The summed E-state index contributed by atoms with van der Waals surface area (Å²) in [4.78, 5) is 3.96. The van der Waals surface area contributed by atoms with Gasteiger partial charge in [0.05, 0.1) is 12.1 Å². The zero-order valence-corrected chi connectivity index (χ0v) is 11.6. The second-order valence-corrected chi connectivity index (χ2v) is 4.85. The Labute approximate surface area is 121 Å². The molecule has 5 nitrogen and oxygen atoms in total. The zero-order valence-electron chi connectivity index (χ0n) is 11.6. The third kappa shape index (κ3) is 3.61. The minimum atomic E-state index is -4.47. The van der Waals surface area contributed by atoms with Gasteiger partial charge in [0.1, 0.15) is 0 Å². The van der Waals surface area contributed by atoms with Crippen LogP contribution in [0.2, 0.25) is 0 Å². The molecule has 0 bridgehead atoms. The summed E-state index contributed by atoms with van der Waals surface area (Å²) < 4.78 is 37.3. The second kappa shape index (κ2) is 6.26. The summed E-state index contributed by atoms with van der Waals surface area (Å²) in [5.74, 6) is 0.438. The number of halogens is 3. The van der Waals surface area contributed by atoms with E-state index >= 15 is 0 Å². The highest BCUT2D eigenvalue weighted by Gasteiger charge is 2.33. The third-order valence-corrected chi connectivity index (χ3v) is 3.56. The molecule has 0 N–H and O–H groups in total. The highest BCUT2D eigenvalue weighted by Crippen LogP contribution is 2.27. The molecule has 0 spiro atoms. The van der Waals surface area contributed by atoms with Crippen LogP contribution in [0, 0.1) is 11.3 Å². The highest BCUT2D eigenvalue weighted by atomic mass is 19.4. The summed E-state index contributed by atoms with van der Waals surface area (Å²) in [6, 6.07) is 4.43. The van der Waals surface area contributed by atoms with Crippen molar-refractivity contribution in [1.82, 2.24) is 15.1 Å². The number of rotatable bonds is 3. The number of piperazine rings is 1. The van der Waals surface area contributed by atoms with Gasteiger partial charge >= 0.3 is 6.18 Å². The second-order valence-electron chi connectivity index (χ2n) is 4.85. The fraction of sp³-hybridized carbons (Fsp3) is 0.615. The Balaban J connectivity index is 1.98. The topological polar surface area (TPSA) is 56.1 Å². The van der Waals surface area contributed by atoms with Crippen molar-refractivity contribution in [2.75, 3.05) is 31.1 Å². The number of anilines is 1. The molecule has 21 heavy (non-hydrogen) atoms. The highest BCUT2D eigenvalue weighted by molar-refractivity contribution is 5.38. The van der Waals surface area contributed by atoms with Gasteiger partial charge < -0.3 is 4.90 Å². The van der Waals surface area contributed by atoms with E-state index in [2.05, 4.69) is 21.2 Å². The summed E-state index contributed by atoms with van der Waals surface area (Å²) in [5, 5.41) is 15.9. The Bertz CT molecular complexity index is 500. The molecule has 1 unspecified atom stereocenters. The van der Waals surface area contributed by atoms with Gasteiger partial charge in [0, 0.05) is 26.2 Å². The van der Waals surface area contributed by atoms with Crippen LogP contribution in [0.3, 0.4) is 0 Å². The minimum Gasteiger partial charge on any atom is -0.353 e. The average Bonchev–Trinajstić information content (AvgIpc) is 2.48. The molecule has 1 aromatic rings. The lowest BCUT2D eigenvalue weighted by Gasteiger charge is -2.37. The third-order valence-electron chi connectivity index (χ3n) is 3.56. The van der Waals surface area contributed by atoms with Crippen LogP contribution in [-0.2, 0) is 6.18 Å². The zero-order chi connectivity index (χ0) is 15.5. The summed E-state index contributed by atoms with van der Waals surface area (Å²) in [7, 11) is 0. The van der Waals surface area contributed by atoms with E-state index < -0.39 is 11.9 Å². The van der Waals surface area contributed by atoms with E-state index in [9.17, 15) is 13.2 Å². The van der Waals surface area contributed by atoms with Crippen molar-refractivity contribution in [3.63, 3.8) is 0 Å². The molecule has 1 fully saturated rings. The van der Waals surface area contributed by atoms with Gasteiger partial charge in [-0.1, -0.05) is 6.92 Å². The molecule has 8 heteroatoms. The first-order valence-electron chi connectivity index (χ1n) is 6.75. The van der Waals surface area contributed by atoms with Crippen molar-refractivity contribution in [2.24, 2.45) is 0 Å². The molecule has 0 radical (unpaired) electrons. The maximum Gasteiger partial charge on any atom is 0.435 e. The molecule has 1 aliphatic rings. The number of nitrogens with zero attached hydrogens (tertiary/aromatic N) is 5. The smallest absolute Gasteiger partial charge is 0.353 e. The van der Waals surface area contributed by atoms with Gasteiger partial charge in [-0.2, -0.15) is 18.4 Å². The molecule has 0 aromatic carbocycles. The van der Waals surface area contributed by atoms with Crippen LogP contribution < -0.4 is 4.90 Å². The maximum absolute atomic E-state index is 12.4. The number of alkyl halides is 3. The predicted octanol–water partition coefficient (Wildman–Crippen LogP) is 1.92. The average molecular weight is 299 g/mol. The van der Waals surface area contributed by atoms with Gasteiger partial charge in [0.15, 0.2) is 11.5 Å². The van der Waals surface area contributed by atoms with Crippen LogP contribution in [0.25, 0.3) is 0 Å². The van der Waals surface area contributed by atoms with Gasteiger partial charge in [-0.3, -0.25) is 4.90 Å². The van der Waals surface area contributed by atoms with E-state index in [1.165, 1.54) is 6.07 Å². The first-order valence-corrected chi connectivity index (χ1v) is 6.75. The molecule has 1 aromatic heterocycles. The van der Waals surface area contributed by atoms with Gasteiger partial charge in [-0.05, 0) is 18.6 Å². The van der Waals surface area contributed by atoms with E-state index in [4.69, 9.17) is 5.26 Å². The van der Waals surface area contributed by atoms with Crippen LogP contribution in [0.5, 0.6) is 0 Å². The lowest BCUT2D eigenvalue weighted by molar-refractivity contribution is -0.141. The molecule has 2 rings (SSSR count). The molecular formula is C13H16F3N5. The van der Waals surface area contributed by atoms with Gasteiger partial charge in [0.25, 0.3) is 0 Å². The van der Waals surface area contributed by atoms with E-state index in [0.29, 0.717) is 32.0 Å². The normalized spacial score (nSPS) is 18.3. The van der Waals surface area contributed by atoms with Gasteiger partial charge in [0.2, 0.25) is 0 Å². The molecule has 0 aliphatic carbocycles. The minimum absolute atomic E-state index is 0.106. The summed E-state index contributed by atoms with van der Waals surface area (Å²) in [6.07, 6.45) is -3.71. The Hall–Kier alpha value is -1.88. The van der Waals surface area contributed by atoms with Crippen LogP contribution in [0.4, 0.5) is 19.0 Å². The van der Waals surface area contributed by atoms with Crippen LogP contribution >= 0.6 is 0 Å². The van der Waals surface area contributed by atoms with Crippen molar-refractivity contribution in [3.05, 3.63) is 17.8 Å². The SMILES string of the molecule is CCC(C#N)N1CCN(c2ccc(C(F)(F)F)nn2)CC1. The van der Waals surface area contributed by atoms with E-state index in [1.807, 2.05) is 11.8 Å². The Morgan fingerprint density at radius 3 is 2.33 bits per heavy atom. The van der Waals surface area contributed by atoms with Gasteiger partial charge in [-0.25, -0.2) is 0 Å². The molecule has 1 atom stereocenters. The Morgan fingerprint density at radius 1 is 1.24 bits per heavy atom. The van der Waals surface area contributed by atoms with E-state index in [0.717, 1.165) is 12.5 Å². The predicted molar refractivity (Wildman–Crippen MR) is 70.5 cm³/mol. The van der Waals surface area contributed by atoms with Crippen molar-refractivity contribution < 1.29 is 13.2 Å². The molecular weight excluding hydrogens is 283 g/mol. The summed E-state index contributed by atoms with van der Waals surface area (Å²) in [5.41, 5.74) is -0.986. The summed E-state index contributed by atoms with van der Waals surface area (Å²) in [6.45, 7) is 4.58. The van der Waals surface area contributed by atoms with Gasteiger partial charge in [-0.15, -0.1) is 10.2 Å².